The molecule has 2 atom stereocenters. The average Bonchev–Trinajstić information content (AvgIpc) is 3.26. The molecule has 1 fully saturated rings. The summed E-state index contributed by atoms with van der Waals surface area (Å²) >= 11 is 0. The number of nitrogens with one attached hydrogen (secondary N) is 1. The molecule has 0 radical (unpaired) electrons. The van der Waals surface area contributed by atoms with Crippen LogP contribution in [0.1, 0.15) is 42.4 Å². The van der Waals surface area contributed by atoms with Crippen molar-refractivity contribution < 1.29 is 9.53 Å². The molecule has 1 aliphatic rings. The number of aldehydes is 1. The molecule has 2 aromatic heterocycles. The number of nitrogens with two attached hydrogens (primary N) is 1. The smallest absolute Gasteiger partial charge is 0.284 e. The first-order valence-corrected chi connectivity index (χ1v) is 9.70. The number of ether oxygens (including phenoxy) is 1. The van der Waals surface area contributed by atoms with Crippen LogP contribution in [0.3, 0.4) is 0 Å². The lowest BCUT2D eigenvalue weighted by Crippen LogP contribution is -2.31. The highest BCUT2D eigenvalue weighted by Gasteiger charge is 2.29. The first-order valence-electron chi connectivity index (χ1n) is 9.70. The molecule has 8 nitrogen and oxygen atoms in total. The highest BCUT2D eigenvalue weighted by atomic mass is 16.5. The summed E-state index contributed by atoms with van der Waals surface area (Å²) in [6.07, 6.45) is 5.22. The van der Waals surface area contributed by atoms with Gasteiger partial charge in [0.25, 0.3) is 6.02 Å². The van der Waals surface area contributed by atoms with Crippen LogP contribution in [0.4, 0.5) is 5.82 Å². The summed E-state index contributed by atoms with van der Waals surface area (Å²) in [5.74, 6) is 1.36. The Balaban J connectivity index is 1.78. The van der Waals surface area contributed by atoms with Gasteiger partial charge in [-0.3, -0.25) is 14.6 Å². The van der Waals surface area contributed by atoms with E-state index in [1.807, 2.05) is 34.6 Å². The van der Waals surface area contributed by atoms with Crippen LogP contribution in [0.5, 0.6) is 0 Å². The lowest BCUT2D eigenvalue weighted by atomic mass is 10.1. The van der Waals surface area contributed by atoms with Crippen molar-refractivity contribution in [1.82, 2.24) is 19.3 Å². The number of fused-ring (bicyclic) bond motifs is 1. The minimum atomic E-state index is 0.0174. The molecular formula is C21H24N6O2. The van der Waals surface area contributed by atoms with E-state index < -0.39 is 0 Å². The number of anilines is 1. The lowest BCUT2D eigenvalue weighted by Gasteiger charge is -2.21. The second-order valence-corrected chi connectivity index (χ2v) is 7.33. The number of benzene rings is 1. The molecule has 150 valence electrons. The van der Waals surface area contributed by atoms with Crippen LogP contribution in [0.25, 0.3) is 16.8 Å². The zero-order valence-electron chi connectivity index (χ0n) is 16.5. The maximum absolute atomic E-state index is 11.0. The molecule has 0 bridgehead atoms. The molecule has 3 heterocycles. The van der Waals surface area contributed by atoms with E-state index in [-0.39, 0.29) is 18.0 Å². The van der Waals surface area contributed by atoms with Crippen molar-refractivity contribution in [2.45, 2.75) is 32.3 Å². The SMILES string of the molecule is CCC(CN1CC(C)OC1=N)c1nc(-c2ccc(C=O)cc2)c2c(N)nccn12. The Morgan fingerprint density at radius 2 is 2.14 bits per heavy atom. The minimum absolute atomic E-state index is 0.0174. The van der Waals surface area contributed by atoms with Crippen LogP contribution in [0.15, 0.2) is 36.7 Å². The zero-order chi connectivity index (χ0) is 20.5. The molecule has 1 aliphatic heterocycles. The van der Waals surface area contributed by atoms with Gasteiger partial charge in [0.1, 0.15) is 35.2 Å². The van der Waals surface area contributed by atoms with Gasteiger partial charge < -0.3 is 15.4 Å². The molecule has 1 saturated heterocycles. The van der Waals surface area contributed by atoms with Gasteiger partial charge in [0, 0.05) is 36.0 Å². The van der Waals surface area contributed by atoms with Crippen molar-refractivity contribution in [3.8, 4) is 11.3 Å². The molecule has 8 heteroatoms. The maximum atomic E-state index is 11.0. The van der Waals surface area contributed by atoms with Gasteiger partial charge in [-0.1, -0.05) is 31.2 Å². The first kappa shape index (κ1) is 18.9. The molecule has 0 aliphatic carbocycles. The third-order valence-electron chi connectivity index (χ3n) is 5.31. The topological polar surface area (TPSA) is 110 Å². The van der Waals surface area contributed by atoms with Gasteiger partial charge in [0.15, 0.2) is 0 Å². The number of hydrogen-bond acceptors (Lipinski definition) is 6. The summed E-state index contributed by atoms with van der Waals surface area (Å²) in [6, 6.07) is 7.48. The van der Waals surface area contributed by atoms with Crippen molar-refractivity contribution in [2.24, 2.45) is 0 Å². The molecule has 29 heavy (non-hydrogen) atoms. The second-order valence-electron chi connectivity index (χ2n) is 7.33. The van der Waals surface area contributed by atoms with Gasteiger partial charge >= 0.3 is 0 Å². The predicted octanol–water partition coefficient (Wildman–Crippen LogP) is 2.94. The fourth-order valence-electron chi connectivity index (χ4n) is 3.81. The van der Waals surface area contributed by atoms with Crippen LogP contribution in [-0.2, 0) is 4.74 Å². The number of carbonyl (C=O) groups excluding carboxylic acids is 1. The number of carbonyl (C=O) groups is 1. The summed E-state index contributed by atoms with van der Waals surface area (Å²) in [4.78, 5) is 22.1. The molecule has 0 amide bonds. The van der Waals surface area contributed by atoms with Crippen LogP contribution in [0.2, 0.25) is 0 Å². The number of nitrogens with zero attached hydrogens (tertiary/aromatic N) is 4. The van der Waals surface area contributed by atoms with Gasteiger partial charge in [-0.2, -0.15) is 0 Å². The number of aromatic nitrogens is 3. The Morgan fingerprint density at radius 3 is 2.76 bits per heavy atom. The van der Waals surface area contributed by atoms with Gasteiger partial charge in [0.2, 0.25) is 0 Å². The predicted molar refractivity (Wildman–Crippen MR) is 111 cm³/mol. The summed E-state index contributed by atoms with van der Waals surface area (Å²) in [5.41, 5.74) is 9.19. The van der Waals surface area contributed by atoms with E-state index in [4.69, 9.17) is 20.9 Å². The summed E-state index contributed by atoms with van der Waals surface area (Å²) in [6.45, 7) is 5.42. The highest BCUT2D eigenvalue weighted by Crippen LogP contribution is 2.32. The molecule has 4 rings (SSSR count). The average molecular weight is 392 g/mol. The maximum Gasteiger partial charge on any atom is 0.284 e. The minimum Gasteiger partial charge on any atom is -0.460 e. The number of nitrogen functional groups attached to an aromatic ring is 1. The van der Waals surface area contributed by atoms with E-state index in [9.17, 15) is 4.79 Å². The van der Waals surface area contributed by atoms with Gasteiger partial charge in [-0.25, -0.2) is 9.97 Å². The highest BCUT2D eigenvalue weighted by molar-refractivity contribution is 5.86. The van der Waals surface area contributed by atoms with E-state index >= 15 is 0 Å². The van der Waals surface area contributed by atoms with Crippen molar-refractivity contribution in [3.05, 3.63) is 48.0 Å². The Morgan fingerprint density at radius 1 is 1.38 bits per heavy atom. The third kappa shape index (κ3) is 3.41. The van der Waals surface area contributed by atoms with Crippen molar-refractivity contribution in [1.29, 1.82) is 5.41 Å². The van der Waals surface area contributed by atoms with E-state index in [0.717, 1.165) is 35.3 Å². The Labute approximate surface area is 168 Å². The van der Waals surface area contributed by atoms with Crippen LogP contribution in [0, 0.1) is 5.41 Å². The van der Waals surface area contributed by atoms with Crippen LogP contribution in [-0.4, -0.2) is 50.8 Å². The summed E-state index contributed by atoms with van der Waals surface area (Å²) < 4.78 is 7.47. The molecule has 1 aromatic carbocycles. The summed E-state index contributed by atoms with van der Waals surface area (Å²) in [7, 11) is 0. The molecule has 0 saturated carbocycles. The first-order chi connectivity index (χ1) is 14.0. The standard InChI is InChI=1S/C21H24N6O2/c1-3-15(11-26-10-13(2)29-21(26)23)20-25-17(16-6-4-14(12-28)5-7-16)18-19(22)24-8-9-27(18)20/h4-9,12-13,15,23H,3,10-11H2,1-2H3,(H2,22,24). The number of hydrogen-bond donors (Lipinski definition) is 2. The normalized spacial score (nSPS) is 17.5. The summed E-state index contributed by atoms with van der Waals surface area (Å²) in [5, 5.41) is 8.06. The largest absolute Gasteiger partial charge is 0.460 e. The van der Waals surface area contributed by atoms with Crippen molar-refractivity contribution in [3.63, 3.8) is 0 Å². The lowest BCUT2D eigenvalue weighted by molar-refractivity contribution is 0.112. The Bertz CT molecular complexity index is 1060. The Kier molecular flexibility index (Phi) is 4.92. The van der Waals surface area contributed by atoms with E-state index in [0.29, 0.717) is 24.5 Å². The fraction of sp³-hybridized carbons (Fsp3) is 0.333. The van der Waals surface area contributed by atoms with Gasteiger partial charge in [-0.15, -0.1) is 0 Å². The van der Waals surface area contributed by atoms with Crippen LogP contribution >= 0.6 is 0 Å². The molecule has 2 unspecified atom stereocenters. The number of rotatable bonds is 6. The third-order valence-corrected chi connectivity index (χ3v) is 5.31. The van der Waals surface area contributed by atoms with Crippen LogP contribution < -0.4 is 5.73 Å². The molecular weight excluding hydrogens is 368 g/mol. The second kappa shape index (κ2) is 7.54. The van der Waals surface area contributed by atoms with Crippen molar-refractivity contribution >= 4 is 23.6 Å². The molecule has 3 N–H and O–H groups in total. The van der Waals surface area contributed by atoms with Gasteiger partial charge in [0.05, 0.1) is 6.54 Å². The van der Waals surface area contributed by atoms with E-state index in [1.54, 1.807) is 18.3 Å². The zero-order valence-corrected chi connectivity index (χ0v) is 16.5. The van der Waals surface area contributed by atoms with E-state index in [2.05, 4.69) is 11.9 Å². The monoisotopic (exact) mass is 392 g/mol. The van der Waals surface area contributed by atoms with Gasteiger partial charge in [-0.05, 0) is 13.3 Å². The Hall–Kier alpha value is -3.42. The van der Waals surface area contributed by atoms with E-state index in [1.165, 1.54) is 0 Å². The van der Waals surface area contributed by atoms with Crippen molar-refractivity contribution in [2.75, 3.05) is 18.8 Å². The quantitative estimate of drug-likeness (QED) is 0.624. The molecule has 3 aromatic rings. The number of imidazole rings is 1. The number of amidine groups is 1. The molecule has 0 spiro atoms. The fourth-order valence-corrected chi connectivity index (χ4v) is 3.81.